The van der Waals surface area contributed by atoms with Gasteiger partial charge in [0.05, 0.1) is 0 Å². The average molecular weight is 265 g/mol. The van der Waals surface area contributed by atoms with Crippen LogP contribution in [0.3, 0.4) is 0 Å². The van der Waals surface area contributed by atoms with Gasteiger partial charge in [-0.15, -0.1) is 0 Å². The third-order valence-electron chi connectivity index (χ3n) is 2.69. The summed E-state index contributed by atoms with van der Waals surface area (Å²) >= 11 is 4.85. The average Bonchev–Trinajstić information content (AvgIpc) is 2.89. The van der Waals surface area contributed by atoms with E-state index in [1.807, 2.05) is 12.1 Å². The number of carbonyl (C=O) groups is 1. The molecule has 6 heteroatoms. The van der Waals surface area contributed by atoms with Gasteiger partial charge in [-0.05, 0) is 32.1 Å². The number of nitrogens with zero attached hydrogens (tertiary/aromatic N) is 1. The molecule has 2 heterocycles. The molecule has 2 rings (SSSR count). The fourth-order valence-electron chi connectivity index (χ4n) is 1.75. The molecule has 0 aliphatic carbocycles. The van der Waals surface area contributed by atoms with Crippen molar-refractivity contribution < 1.29 is 9.21 Å². The highest BCUT2D eigenvalue weighted by atomic mass is 32.1. The quantitative estimate of drug-likeness (QED) is 0.638. The van der Waals surface area contributed by atoms with Gasteiger partial charge in [-0.2, -0.15) is 0 Å². The van der Waals surface area contributed by atoms with Crippen LogP contribution in [-0.4, -0.2) is 24.1 Å². The molecule has 0 saturated carbocycles. The smallest absolute Gasteiger partial charge is 0.274 e. The largest absolute Gasteiger partial charge is 0.441 e. The molecule has 0 unspecified atom stereocenters. The highest BCUT2D eigenvalue weighted by molar-refractivity contribution is 7.80. The summed E-state index contributed by atoms with van der Waals surface area (Å²) in [5.74, 6) is 1.19. The maximum atomic E-state index is 11.5. The molecule has 1 aromatic heterocycles. The van der Waals surface area contributed by atoms with Crippen molar-refractivity contribution >= 4 is 35.2 Å². The van der Waals surface area contributed by atoms with Crippen molar-refractivity contribution in [2.75, 3.05) is 18.0 Å². The summed E-state index contributed by atoms with van der Waals surface area (Å²) in [5.41, 5.74) is 0.403. The molecule has 0 atom stereocenters. The Morgan fingerprint density at radius 3 is 2.61 bits per heavy atom. The number of anilines is 1. The third kappa shape index (κ3) is 2.53. The summed E-state index contributed by atoms with van der Waals surface area (Å²) in [6.45, 7) is 5.88. The van der Waals surface area contributed by atoms with E-state index in [-0.39, 0.29) is 5.91 Å². The lowest BCUT2D eigenvalue weighted by atomic mass is 10.3. The predicted molar refractivity (Wildman–Crippen MR) is 74.1 cm³/mol. The van der Waals surface area contributed by atoms with Crippen molar-refractivity contribution in [1.82, 2.24) is 10.6 Å². The molecule has 1 fully saturated rings. The van der Waals surface area contributed by atoms with Crippen molar-refractivity contribution in [2.24, 2.45) is 0 Å². The van der Waals surface area contributed by atoms with E-state index in [0.29, 0.717) is 16.6 Å². The Morgan fingerprint density at radius 1 is 1.33 bits per heavy atom. The molecule has 1 aliphatic rings. The van der Waals surface area contributed by atoms with Gasteiger partial charge in [-0.3, -0.25) is 10.1 Å². The van der Waals surface area contributed by atoms with Crippen LogP contribution in [0.2, 0.25) is 0 Å². The van der Waals surface area contributed by atoms with E-state index in [4.69, 9.17) is 16.6 Å². The van der Waals surface area contributed by atoms with Crippen LogP contribution in [0.5, 0.6) is 0 Å². The van der Waals surface area contributed by atoms with Gasteiger partial charge in [0.2, 0.25) is 0 Å². The predicted octanol–water partition coefficient (Wildman–Crippen LogP) is 1.47. The van der Waals surface area contributed by atoms with Crippen LogP contribution >= 0.6 is 12.2 Å². The Balaban J connectivity index is 2.18. The van der Waals surface area contributed by atoms with Gasteiger partial charge in [0, 0.05) is 25.2 Å². The van der Waals surface area contributed by atoms with Gasteiger partial charge < -0.3 is 14.6 Å². The minimum absolute atomic E-state index is 0.235. The number of rotatable bonds is 4. The van der Waals surface area contributed by atoms with E-state index in [1.54, 1.807) is 6.08 Å². The van der Waals surface area contributed by atoms with Crippen LogP contribution in [0.25, 0.3) is 6.08 Å². The fourth-order valence-corrected chi connectivity index (χ4v) is 1.95. The first-order valence-electron chi connectivity index (χ1n) is 5.82. The van der Waals surface area contributed by atoms with Gasteiger partial charge >= 0.3 is 0 Å². The second kappa shape index (κ2) is 5.22. The Bertz CT molecular complexity index is 503. The van der Waals surface area contributed by atoms with E-state index in [9.17, 15) is 4.79 Å². The Morgan fingerprint density at radius 2 is 2.06 bits per heavy atom. The summed E-state index contributed by atoms with van der Waals surface area (Å²) in [6.07, 6.45) is 1.64. The molecule has 0 bridgehead atoms. The molecule has 0 spiro atoms. The summed E-state index contributed by atoms with van der Waals surface area (Å²) in [6, 6.07) is 3.72. The van der Waals surface area contributed by atoms with E-state index in [1.165, 1.54) is 0 Å². The molecular formula is C12H15N3O2S. The highest BCUT2D eigenvalue weighted by Crippen LogP contribution is 2.20. The molecule has 2 N–H and O–H groups in total. The molecule has 1 aromatic rings. The lowest BCUT2D eigenvalue weighted by molar-refractivity contribution is -0.115. The van der Waals surface area contributed by atoms with Crippen LogP contribution in [0.4, 0.5) is 5.88 Å². The van der Waals surface area contributed by atoms with Crippen LogP contribution in [0, 0.1) is 0 Å². The number of thiocarbonyl (C=S) groups is 1. The summed E-state index contributed by atoms with van der Waals surface area (Å²) < 4.78 is 5.66. The van der Waals surface area contributed by atoms with Gasteiger partial charge in [0.25, 0.3) is 5.91 Å². The number of hydrogen-bond acceptors (Lipinski definition) is 4. The first-order chi connectivity index (χ1) is 8.63. The summed E-state index contributed by atoms with van der Waals surface area (Å²) in [7, 11) is 0. The van der Waals surface area contributed by atoms with Crippen molar-refractivity contribution in [3.63, 3.8) is 0 Å². The van der Waals surface area contributed by atoms with Gasteiger partial charge in [-0.25, -0.2) is 0 Å². The van der Waals surface area contributed by atoms with E-state index < -0.39 is 0 Å². The van der Waals surface area contributed by atoms with E-state index >= 15 is 0 Å². The minimum Gasteiger partial charge on any atom is -0.441 e. The highest BCUT2D eigenvalue weighted by Gasteiger charge is 2.20. The van der Waals surface area contributed by atoms with E-state index in [0.717, 1.165) is 19.0 Å². The van der Waals surface area contributed by atoms with Crippen molar-refractivity contribution in [3.8, 4) is 0 Å². The third-order valence-corrected chi connectivity index (χ3v) is 2.90. The van der Waals surface area contributed by atoms with Crippen LogP contribution < -0.4 is 15.5 Å². The summed E-state index contributed by atoms with van der Waals surface area (Å²) in [5, 5.41) is 5.60. The zero-order valence-corrected chi connectivity index (χ0v) is 11.1. The molecule has 5 nitrogen and oxygen atoms in total. The molecule has 18 heavy (non-hydrogen) atoms. The normalized spacial score (nSPS) is 16.9. The number of hydrogen-bond donors (Lipinski definition) is 2. The van der Waals surface area contributed by atoms with Crippen molar-refractivity contribution in [1.29, 1.82) is 0 Å². The SMILES string of the molecule is CCN(CC)c1ccc(C=C2NC(=S)NC2=O)o1. The maximum Gasteiger partial charge on any atom is 0.274 e. The van der Waals surface area contributed by atoms with Crippen molar-refractivity contribution in [3.05, 3.63) is 23.6 Å². The van der Waals surface area contributed by atoms with Crippen LogP contribution in [-0.2, 0) is 4.79 Å². The zero-order valence-electron chi connectivity index (χ0n) is 10.3. The fraction of sp³-hybridized carbons (Fsp3) is 0.333. The van der Waals surface area contributed by atoms with Gasteiger partial charge in [0.1, 0.15) is 11.5 Å². The molecular weight excluding hydrogens is 250 g/mol. The molecule has 0 radical (unpaired) electrons. The lowest BCUT2D eigenvalue weighted by Crippen LogP contribution is -2.21. The maximum absolute atomic E-state index is 11.5. The Kier molecular flexibility index (Phi) is 3.66. The number of furan rings is 1. The number of carbonyl (C=O) groups excluding carboxylic acids is 1. The van der Waals surface area contributed by atoms with Gasteiger partial charge in [0.15, 0.2) is 11.0 Å². The zero-order chi connectivity index (χ0) is 13.1. The van der Waals surface area contributed by atoms with Crippen molar-refractivity contribution in [2.45, 2.75) is 13.8 Å². The second-order valence-electron chi connectivity index (χ2n) is 3.81. The first kappa shape index (κ1) is 12.6. The summed E-state index contributed by atoms with van der Waals surface area (Å²) in [4.78, 5) is 13.6. The molecule has 96 valence electrons. The lowest BCUT2D eigenvalue weighted by Gasteiger charge is -2.16. The number of nitrogens with one attached hydrogen (secondary N) is 2. The van der Waals surface area contributed by atoms with E-state index in [2.05, 4.69) is 29.4 Å². The van der Waals surface area contributed by atoms with Crippen LogP contribution in [0.15, 0.2) is 22.2 Å². The topological polar surface area (TPSA) is 57.5 Å². The first-order valence-corrected chi connectivity index (χ1v) is 6.23. The molecule has 1 aliphatic heterocycles. The minimum atomic E-state index is -0.235. The molecule has 1 saturated heterocycles. The molecule has 0 aromatic carbocycles. The Hall–Kier alpha value is -1.82. The van der Waals surface area contributed by atoms with Gasteiger partial charge in [-0.1, -0.05) is 0 Å². The standard InChI is InChI=1S/C12H15N3O2S/c1-3-15(4-2)10-6-5-8(17-10)7-9-11(16)14-12(18)13-9/h5-7H,3-4H2,1-2H3,(H2,13,14,16,18). The second-order valence-corrected chi connectivity index (χ2v) is 4.22. The number of amides is 1. The molecule has 1 amide bonds. The monoisotopic (exact) mass is 265 g/mol. The Labute approximate surface area is 111 Å². The van der Waals surface area contributed by atoms with Crippen LogP contribution in [0.1, 0.15) is 19.6 Å².